The van der Waals surface area contributed by atoms with E-state index in [1.807, 2.05) is 11.7 Å². The summed E-state index contributed by atoms with van der Waals surface area (Å²) in [4.78, 5) is 0. The van der Waals surface area contributed by atoms with E-state index in [9.17, 15) is 0 Å². The van der Waals surface area contributed by atoms with Gasteiger partial charge in [0.25, 0.3) is 0 Å². The molecule has 0 spiro atoms. The zero-order valence-electron chi connectivity index (χ0n) is 28.5. The highest BCUT2D eigenvalue weighted by atomic mass is 16.5. The maximum atomic E-state index is 6.02. The van der Waals surface area contributed by atoms with Gasteiger partial charge in [-0.3, -0.25) is 4.68 Å². The number of nitrogens with zero attached hydrogens (tertiary/aromatic N) is 2. The third-order valence-electron chi connectivity index (χ3n) is 8.71. The Kier molecular flexibility index (Phi) is 18.4. The van der Waals surface area contributed by atoms with Crippen molar-refractivity contribution in [3.63, 3.8) is 0 Å². The minimum atomic E-state index is 0.794. The van der Waals surface area contributed by atoms with Crippen molar-refractivity contribution in [2.24, 2.45) is 7.05 Å². The second kappa shape index (κ2) is 22.7. The highest BCUT2D eigenvalue weighted by molar-refractivity contribution is 5.69. The number of rotatable bonds is 26. The van der Waals surface area contributed by atoms with Crippen LogP contribution in [0.3, 0.4) is 0 Å². The number of benzene rings is 2. The molecule has 0 aliphatic rings. The van der Waals surface area contributed by atoms with Crippen molar-refractivity contribution in [1.82, 2.24) is 9.78 Å². The van der Waals surface area contributed by atoms with Crippen LogP contribution in [0.2, 0.25) is 0 Å². The molecule has 0 radical (unpaired) electrons. The number of aromatic nitrogens is 2. The summed E-state index contributed by atoms with van der Waals surface area (Å²) in [6, 6.07) is 19.0. The van der Waals surface area contributed by atoms with Crippen molar-refractivity contribution in [2.75, 3.05) is 13.2 Å². The number of unbranched alkanes of at least 4 members (excludes halogenated alkanes) is 18. The summed E-state index contributed by atoms with van der Waals surface area (Å²) >= 11 is 0. The number of hydrogen-bond acceptors (Lipinski definition) is 3. The standard InChI is InChI=1S/C40H62N2O2/c1-4-6-8-10-12-14-16-18-20-22-32-43-37-28-24-35(25-29-37)39-34-40(42(3)41-39)36-26-30-38(31-27-36)44-33-23-21-19-17-15-13-11-9-7-5-2/h24-31,34H,4-23,32-33H2,1-3H3. The molecule has 3 rings (SSSR count). The lowest BCUT2D eigenvalue weighted by Crippen LogP contribution is -1.98. The van der Waals surface area contributed by atoms with E-state index in [1.165, 1.54) is 116 Å². The van der Waals surface area contributed by atoms with Gasteiger partial charge in [-0.25, -0.2) is 0 Å². The Bertz CT molecular complexity index is 1100. The fourth-order valence-corrected chi connectivity index (χ4v) is 5.88. The van der Waals surface area contributed by atoms with Crippen LogP contribution < -0.4 is 9.47 Å². The monoisotopic (exact) mass is 602 g/mol. The van der Waals surface area contributed by atoms with Gasteiger partial charge in [0, 0.05) is 18.2 Å². The predicted molar refractivity (Wildman–Crippen MR) is 189 cm³/mol. The first-order chi connectivity index (χ1) is 21.7. The van der Waals surface area contributed by atoms with Crippen molar-refractivity contribution >= 4 is 0 Å². The summed E-state index contributed by atoms with van der Waals surface area (Å²) in [5, 5.41) is 4.80. The molecule has 3 aromatic rings. The van der Waals surface area contributed by atoms with Crippen LogP contribution in [-0.4, -0.2) is 23.0 Å². The van der Waals surface area contributed by atoms with E-state index in [1.54, 1.807) is 0 Å². The number of aryl methyl sites for hydroxylation is 1. The molecule has 0 saturated heterocycles. The van der Waals surface area contributed by atoms with Gasteiger partial charge >= 0.3 is 0 Å². The Morgan fingerprint density at radius 2 is 0.841 bits per heavy atom. The van der Waals surface area contributed by atoms with E-state index < -0.39 is 0 Å². The molecule has 44 heavy (non-hydrogen) atoms. The van der Waals surface area contributed by atoms with Crippen LogP contribution in [0.15, 0.2) is 54.6 Å². The zero-order valence-corrected chi connectivity index (χ0v) is 28.5. The van der Waals surface area contributed by atoms with Crippen LogP contribution in [-0.2, 0) is 7.05 Å². The van der Waals surface area contributed by atoms with Gasteiger partial charge in [-0.15, -0.1) is 0 Å². The van der Waals surface area contributed by atoms with Crippen LogP contribution in [0.1, 0.15) is 142 Å². The first-order valence-electron chi connectivity index (χ1n) is 18.2. The Morgan fingerprint density at radius 1 is 0.477 bits per heavy atom. The Morgan fingerprint density at radius 3 is 1.25 bits per heavy atom. The van der Waals surface area contributed by atoms with Crippen LogP contribution in [0.4, 0.5) is 0 Å². The van der Waals surface area contributed by atoms with E-state index >= 15 is 0 Å². The van der Waals surface area contributed by atoms with Crippen LogP contribution >= 0.6 is 0 Å². The summed E-state index contributed by atoms with van der Waals surface area (Å²) in [5.41, 5.74) is 4.33. The molecule has 0 aliphatic heterocycles. The highest BCUT2D eigenvalue weighted by Crippen LogP contribution is 2.28. The Balaban J connectivity index is 1.31. The summed E-state index contributed by atoms with van der Waals surface area (Å²) in [7, 11) is 2.01. The first kappa shape index (κ1) is 35.7. The van der Waals surface area contributed by atoms with Gasteiger partial charge in [0.15, 0.2) is 0 Å². The molecule has 4 heteroatoms. The maximum absolute atomic E-state index is 6.02. The van der Waals surface area contributed by atoms with Gasteiger partial charge in [0.05, 0.1) is 24.6 Å². The van der Waals surface area contributed by atoms with E-state index in [4.69, 9.17) is 14.6 Å². The number of ether oxygens (including phenoxy) is 2. The Hall–Kier alpha value is -2.75. The van der Waals surface area contributed by atoms with Gasteiger partial charge in [-0.05, 0) is 67.4 Å². The molecule has 0 aliphatic carbocycles. The lowest BCUT2D eigenvalue weighted by Gasteiger charge is -2.08. The average Bonchev–Trinajstić information content (AvgIpc) is 3.44. The third-order valence-corrected chi connectivity index (χ3v) is 8.71. The van der Waals surface area contributed by atoms with Crippen molar-refractivity contribution in [1.29, 1.82) is 0 Å². The average molecular weight is 603 g/mol. The molecule has 0 bridgehead atoms. The van der Waals surface area contributed by atoms with E-state index in [-0.39, 0.29) is 0 Å². The van der Waals surface area contributed by atoms with Crippen molar-refractivity contribution < 1.29 is 9.47 Å². The molecule has 2 aromatic carbocycles. The van der Waals surface area contributed by atoms with Gasteiger partial charge in [0.1, 0.15) is 11.5 Å². The molecule has 0 saturated carbocycles. The minimum absolute atomic E-state index is 0.794. The van der Waals surface area contributed by atoms with Gasteiger partial charge in [0.2, 0.25) is 0 Å². The molecular formula is C40H62N2O2. The van der Waals surface area contributed by atoms with Gasteiger partial charge in [-0.2, -0.15) is 5.10 Å². The summed E-state index contributed by atoms with van der Waals surface area (Å²) in [5.74, 6) is 1.88. The molecule has 0 atom stereocenters. The molecule has 0 N–H and O–H groups in total. The molecule has 0 unspecified atom stereocenters. The predicted octanol–water partition coefficient (Wildman–Crippen LogP) is 12.4. The fraction of sp³-hybridized carbons (Fsp3) is 0.625. The smallest absolute Gasteiger partial charge is 0.119 e. The third kappa shape index (κ3) is 14.4. The summed E-state index contributed by atoms with van der Waals surface area (Å²) < 4.78 is 14.0. The van der Waals surface area contributed by atoms with Crippen molar-refractivity contribution in [3.05, 3.63) is 54.6 Å². The van der Waals surface area contributed by atoms with E-state index in [0.717, 1.165) is 60.1 Å². The first-order valence-corrected chi connectivity index (χ1v) is 18.2. The quantitative estimate of drug-likeness (QED) is 0.0858. The summed E-state index contributed by atoms with van der Waals surface area (Å²) in [6.45, 7) is 6.15. The maximum Gasteiger partial charge on any atom is 0.119 e. The normalized spacial score (nSPS) is 11.2. The highest BCUT2D eigenvalue weighted by Gasteiger charge is 2.10. The topological polar surface area (TPSA) is 36.3 Å². The molecular weight excluding hydrogens is 540 g/mol. The largest absolute Gasteiger partial charge is 0.494 e. The van der Waals surface area contributed by atoms with Crippen LogP contribution in [0, 0.1) is 0 Å². The lowest BCUT2D eigenvalue weighted by atomic mass is 10.1. The molecule has 0 fully saturated rings. The van der Waals surface area contributed by atoms with Crippen molar-refractivity contribution in [2.45, 2.75) is 142 Å². The Labute approximate surface area is 270 Å². The van der Waals surface area contributed by atoms with Gasteiger partial charge in [-0.1, -0.05) is 129 Å². The van der Waals surface area contributed by atoms with Crippen LogP contribution in [0.5, 0.6) is 11.5 Å². The lowest BCUT2D eigenvalue weighted by molar-refractivity contribution is 0.304. The second-order valence-corrected chi connectivity index (χ2v) is 12.6. The second-order valence-electron chi connectivity index (χ2n) is 12.6. The molecule has 1 heterocycles. The van der Waals surface area contributed by atoms with Crippen LogP contribution in [0.25, 0.3) is 22.5 Å². The zero-order chi connectivity index (χ0) is 31.1. The summed E-state index contributed by atoms with van der Waals surface area (Å²) in [6.07, 6.45) is 26.9. The SMILES string of the molecule is CCCCCCCCCCCCOc1ccc(-c2cc(-c3ccc(OCCCCCCCCCCCC)cc3)n(C)n2)cc1. The molecule has 0 amide bonds. The molecule has 244 valence electrons. The number of hydrogen-bond donors (Lipinski definition) is 0. The van der Waals surface area contributed by atoms with E-state index in [2.05, 4.69) is 68.4 Å². The van der Waals surface area contributed by atoms with Gasteiger partial charge < -0.3 is 9.47 Å². The van der Waals surface area contributed by atoms with Crippen molar-refractivity contribution in [3.8, 4) is 34.0 Å². The molecule has 1 aromatic heterocycles. The minimum Gasteiger partial charge on any atom is -0.494 e. The fourth-order valence-electron chi connectivity index (χ4n) is 5.88. The van der Waals surface area contributed by atoms with E-state index in [0.29, 0.717) is 0 Å². The molecule has 4 nitrogen and oxygen atoms in total.